The van der Waals surface area contributed by atoms with Crippen molar-refractivity contribution in [1.82, 2.24) is 14.8 Å². The molecule has 0 saturated carbocycles. The van der Waals surface area contributed by atoms with Crippen molar-refractivity contribution in [3.63, 3.8) is 0 Å². The van der Waals surface area contributed by atoms with Gasteiger partial charge >= 0.3 is 5.97 Å². The van der Waals surface area contributed by atoms with E-state index in [-0.39, 0.29) is 5.97 Å². The Kier molecular flexibility index (Phi) is 5.51. The summed E-state index contributed by atoms with van der Waals surface area (Å²) in [5, 5.41) is 10.5. The lowest BCUT2D eigenvalue weighted by atomic mass is 9.95. The number of fused-ring (bicyclic) bond motifs is 3. The van der Waals surface area contributed by atoms with Crippen LogP contribution in [0.4, 0.5) is 0 Å². The van der Waals surface area contributed by atoms with Crippen LogP contribution < -0.4 is 0 Å². The van der Waals surface area contributed by atoms with Gasteiger partial charge in [0.2, 0.25) is 0 Å². The molecule has 1 aromatic carbocycles. The molecule has 30 heavy (non-hydrogen) atoms. The molecule has 1 aliphatic rings. The summed E-state index contributed by atoms with van der Waals surface area (Å²) < 4.78 is 7.14. The maximum Gasteiger partial charge on any atom is 0.311 e. The van der Waals surface area contributed by atoms with Crippen LogP contribution in [0.15, 0.2) is 29.3 Å². The predicted octanol–water partition coefficient (Wildman–Crippen LogP) is 5.00. The molecule has 4 rings (SSSR count). The van der Waals surface area contributed by atoms with Crippen LogP contribution in [0.25, 0.3) is 5.00 Å². The Morgan fingerprint density at radius 3 is 2.57 bits per heavy atom. The second-order valence-corrected chi connectivity index (χ2v) is 9.01. The smallest absolute Gasteiger partial charge is 0.311 e. The maximum atomic E-state index is 12.6. The van der Waals surface area contributed by atoms with Gasteiger partial charge in [-0.3, -0.25) is 14.4 Å². The van der Waals surface area contributed by atoms with Gasteiger partial charge in [0, 0.05) is 21.0 Å². The zero-order valence-electron chi connectivity index (χ0n) is 17.6. The summed E-state index contributed by atoms with van der Waals surface area (Å²) in [5.41, 5.74) is 3.99. The molecule has 0 radical (unpaired) electrons. The number of benzene rings is 1. The number of aryl methyl sites for hydroxylation is 2. The number of rotatable bonds is 4. The number of thiophene rings is 1. The summed E-state index contributed by atoms with van der Waals surface area (Å²) in [6.45, 7) is 8.10. The molecule has 6 nitrogen and oxygen atoms in total. The van der Waals surface area contributed by atoms with Crippen molar-refractivity contribution in [3.8, 4) is 5.00 Å². The van der Waals surface area contributed by atoms with Crippen LogP contribution in [-0.2, 0) is 9.53 Å². The van der Waals surface area contributed by atoms with Crippen LogP contribution in [0.2, 0.25) is 5.02 Å². The Bertz CT molecular complexity index is 1150. The van der Waals surface area contributed by atoms with Crippen molar-refractivity contribution in [3.05, 3.63) is 62.5 Å². The third-order valence-corrected chi connectivity index (χ3v) is 7.08. The van der Waals surface area contributed by atoms with Gasteiger partial charge < -0.3 is 4.74 Å². The van der Waals surface area contributed by atoms with Crippen LogP contribution in [-0.4, -0.2) is 33.6 Å². The lowest BCUT2D eigenvalue weighted by molar-refractivity contribution is -0.146. The molecule has 156 valence electrons. The lowest BCUT2D eigenvalue weighted by Gasteiger charge is -2.20. The molecule has 0 amide bonds. The largest absolute Gasteiger partial charge is 0.469 e. The number of aromatic nitrogens is 3. The summed E-state index contributed by atoms with van der Waals surface area (Å²) in [4.78, 5) is 19.0. The quantitative estimate of drug-likeness (QED) is 0.533. The third-order valence-electron chi connectivity index (χ3n) is 5.63. The second kappa shape index (κ2) is 7.96. The molecule has 2 atom stereocenters. The molecule has 3 heterocycles. The van der Waals surface area contributed by atoms with E-state index in [1.165, 1.54) is 12.0 Å². The van der Waals surface area contributed by atoms with Crippen LogP contribution in [0.3, 0.4) is 0 Å². The molecule has 0 saturated heterocycles. The fourth-order valence-corrected chi connectivity index (χ4v) is 5.23. The first-order valence-corrected chi connectivity index (χ1v) is 11.0. The standard InChI is InChI=1S/C22H23ClN4O2S/c1-6-16(22(28)29-5)19-20-26-25-13(4)27(20)21-17(11(2)12(3)30-21)18(24-19)14-7-9-15(23)10-8-14/h7-10,16,19H,6H2,1-5H3/t16-,19+/m1/s1. The number of hydrogen-bond donors (Lipinski definition) is 0. The first kappa shape index (κ1) is 20.8. The van der Waals surface area contributed by atoms with E-state index >= 15 is 0 Å². The van der Waals surface area contributed by atoms with E-state index in [1.54, 1.807) is 11.3 Å². The van der Waals surface area contributed by atoms with Crippen molar-refractivity contribution in [1.29, 1.82) is 0 Å². The van der Waals surface area contributed by atoms with Gasteiger partial charge in [-0.1, -0.05) is 30.7 Å². The minimum absolute atomic E-state index is 0.299. The Labute approximate surface area is 184 Å². The van der Waals surface area contributed by atoms with Crippen LogP contribution in [0.5, 0.6) is 0 Å². The van der Waals surface area contributed by atoms with E-state index in [0.29, 0.717) is 17.3 Å². The SMILES string of the molecule is CC[C@@H](C(=O)OC)[C@@H]1N=C(c2ccc(Cl)cc2)c2c(sc(C)c2C)-n2c(C)nnc21. The topological polar surface area (TPSA) is 69.4 Å². The Balaban J connectivity index is 2.05. The molecule has 0 N–H and O–H groups in total. The zero-order valence-corrected chi connectivity index (χ0v) is 19.1. The minimum atomic E-state index is -0.506. The van der Waals surface area contributed by atoms with Gasteiger partial charge in [-0.15, -0.1) is 21.5 Å². The molecule has 2 aromatic heterocycles. The maximum absolute atomic E-state index is 12.6. The van der Waals surface area contributed by atoms with Crippen molar-refractivity contribution < 1.29 is 9.53 Å². The Hall–Kier alpha value is -2.51. The molecule has 0 bridgehead atoms. The molecular formula is C22H23ClN4O2S. The summed E-state index contributed by atoms with van der Waals surface area (Å²) in [6, 6.07) is 7.14. The number of halogens is 1. The number of carbonyl (C=O) groups excluding carboxylic acids is 1. The first-order valence-electron chi connectivity index (χ1n) is 9.81. The van der Waals surface area contributed by atoms with Gasteiger partial charge in [-0.2, -0.15) is 0 Å². The highest BCUT2D eigenvalue weighted by atomic mass is 35.5. The van der Waals surface area contributed by atoms with Crippen molar-refractivity contribution >= 4 is 34.6 Å². The number of carbonyl (C=O) groups is 1. The second-order valence-electron chi connectivity index (χ2n) is 7.37. The molecular weight excluding hydrogens is 420 g/mol. The van der Waals surface area contributed by atoms with Gasteiger partial charge in [0.1, 0.15) is 16.9 Å². The summed E-state index contributed by atoms with van der Waals surface area (Å²) in [5.74, 6) is 0.670. The average Bonchev–Trinajstić information content (AvgIpc) is 3.20. The predicted molar refractivity (Wildman–Crippen MR) is 119 cm³/mol. The summed E-state index contributed by atoms with van der Waals surface area (Å²) in [7, 11) is 1.41. The fraction of sp³-hybridized carbons (Fsp3) is 0.364. The van der Waals surface area contributed by atoms with E-state index in [4.69, 9.17) is 21.3 Å². The van der Waals surface area contributed by atoms with E-state index < -0.39 is 12.0 Å². The number of hydrogen-bond acceptors (Lipinski definition) is 6. The molecule has 0 spiro atoms. The first-order chi connectivity index (χ1) is 14.4. The molecule has 0 unspecified atom stereocenters. The fourth-order valence-electron chi connectivity index (χ4n) is 3.89. The minimum Gasteiger partial charge on any atom is -0.469 e. The van der Waals surface area contributed by atoms with Gasteiger partial charge in [0.25, 0.3) is 0 Å². The van der Waals surface area contributed by atoms with Gasteiger partial charge in [0.05, 0.1) is 18.7 Å². The molecule has 0 aliphatic carbocycles. The number of esters is 1. The zero-order chi connectivity index (χ0) is 21.6. The Morgan fingerprint density at radius 1 is 1.23 bits per heavy atom. The Morgan fingerprint density at radius 2 is 1.93 bits per heavy atom. The van der Waals surface area contributed by atoms with Gasteiger partial charge in [-0.05, 0) is 44.9 Å². The summed E-state index contributed by atoms with van der Waals surface area (Å²) in [6.07, 6.45) is 0.576. The van der Waals surface area contributed by atoms with Gasteiger partial charge in [-0.25, -0.2) is 0 Å². The molecule has 0 fully saturated rings. The molecule has 1 aliphatic heterocycles. The normalized spacial score (nSPS) is 16.3. The third kappa shape index (κ3) is 3.26. The number of aliphatic imine (C=N–C) groups is 1. The number of ether oxygens (including phenoxy) is 1. The van der Waals surface area contributed by atoms with Crippen molar-refractivity contribution in [2.45, 2.75) is 40.2 Å². The average molecular weight is 443 g/mol. The molecule has 3 aromatic rings. The number of nitrogens with zero attached hydrogens (tertiary/aromatic N) is 4. The highest BCUT2D eigenvalue weighted by molar-refractivity contribution is 7.15. The lowest BCUT2D eigenvalue weighted by Crippen LogP contribution is -2.24. The van der Waals surface area contributed by atoms with Crippen LogP contribution in [0.1, 0.15) is 52.6 Å². The van der Waals surface area contributed by atoms with E-state index in [2.05, 4.69) is 24.0 Å². The van der Waals surface area contributed by atoms with E-state index in [1.807, 2.05) is 42.7 Å². The molecule has 8 heteroatoms. The van der Waals surface area contributed by atoms with E-state index in [0.717, 1.165) is 33.2 Å². The summed E-state index contributed by atoms with van der Waals surface area (Å²) >= 11 is 7.82. The van der Waals surface area contributed by atoms with Crippen LogP contribution >= 0.6 is 22.9 Å². The van der Waals surface area contributed by atoms with Crippen molar-refractivity contribution in [2.24, 2.45) is 10.9 Å². The van der Waals surface area contributed by atoms with E-state index in [9.17, 15) is 4.79 Å². The van der Waals surface area contributed by atoms with Gasteiger partial charge in [0.15, 0.2) is 5.82 Å². The number of methoxy groups -OCH3 is 1. The van der Waals surface area contributed by atoms with Crippen LogP contribution in [0, 0.1) is 26.7 Å². The highest BCUT2D eigenvalue weighted by Crippen LogP contribution is 2.41. The highest BCUT2D eigenvalue weighted by Gasteiger charge is 2.38. The monoisotopic (exact) mass is 442 g/mol. The van der Waals surface area contributed by atoms with Crippen molar-refractivity contribution in [2.75, 3.05) is 7.11 Å².